The van der Waals surface area contributed by atoms with E-state index in [4.69, 9.17) is 9.52 Å². The van der Waals surface area contributed by atoms with Crippen molar-refractivity contribution in [2.45, 2.75) is 11.8 Å². The first-order valence-corrected chi connectivity index (χ1v) is 7.55. The number of carboxylic acids is 1. The molecule has 0 aliphatic carbocycles. The number of furan rings is 1. The molecule has 0 radical (unpaired) electrons. The molecule has 0 saturated carbocycles. The maximum Gasteiger partial charge on any atom is 0.371 e. The van der Waals surface area contributed by atoms with Crippen LogP contribution in [0.4, 0.5) is 5.69 Å². The smallest absolute Gasteiger partial charge is 0.371 e. The first-order chi connectivity index (χ1) is 9.29. The number of hydrogen-bond acceptors (Lipinski definition) is 5. The minimum atomic E-state index is -3.96. The summed E-state index contributed by atoms with van der Waals surface area (Å²) in [6.07, 6.45) is 1.36. The summed E-state index contributed by atoms with van der Waals surface area (Å²) in [5.41, 5.74) is 1.01. The van der Waals surface area contributed by atoms with Crippen molar-refractivity contribution >= 4 is 37.6 Å². The Bertz CT molecular complexity index is 752. The number of sulfonamides is 1. The van der Waals surface area contributed by atoms with E-state index in [2.05, 4.69) is 25.6 Å². The maximum atomic E-state index is 12.1. The van der Waals surface area contributed by atoms with Gasteiger partial charge in [-0.3, -0.25) is 9.71 Å². The van der Waals surface area contributed by atoms with Gasteiger partial charge < -0.3 is 9.52 Å². The summed E-state index contributed by atoms with van der Waals surface area (Å²) in [5.74, 6) is -1.83. The van der Waals surface area contributed by atoms with Crippen LogP contribution >= 0.6 is 15.9 Å². The van der Waals surface area contributed by atoms with Gasteiger partial charge in [-0.1, -0.05) is 0 Å². The lowest BCUT2D eigenvalue weighted by Crippen LogP contribution is -2.13. The van der Waals surface area contributed by atoms with E-state index in [0.717, 1.165) is 11.8 Å². The zero-order valence-corrected chi connectivity index (χ0v) is 12.5. The Balaban J connectivity index is 2.35. The van der Waals surface area contributed by atoms with Crippen molar-refractivity contribution < 1.29 is 22.7 Å². The fraction of sp³-hybridized carbons (Fsp3) is 0.0909. The summed E-state index contributed by atoms with van der Waals surface area (Å²) < 4.78 is 31.1. The number of nitrogens with one attached hydrogen (secondary N) is 1. The van der Waals surface area contributed by atoms with Crippen LogP contribution < -0.4 is 4.72 Å². The second-order valence-corrected chi connectivity index (χ2v) is 6.22. The van der Waals surface area contributed by atoms with Crippen molar-refractivity contribution in [3.63, 3.8) is 0 Å². The van der Waals surface area contributed by atoms with Gasteiger partial charge in [-0.15, -0.1) is 0 Å². The van der Waals surface area contributed by atoms with E-state index in [9.17, 15) is 13.2 Å². The zero-order valence-electron chi connectivity index (χ0n) is 10.1. The van der Waals surface area contributed by atoms with Crippen LogP contribution in [0.5, 0.6) is 0 Å². The van der Waals surface area contributed by atoms with Crippen LogP contribution in [0.25, 0.3) is 0 Å². The van der Waals surface area contributed by atoms with Crippen molar-refractivity contribution in [2.75, 3.05) is 4.72 Å². The molecule has 0 amide bonds. The molecule has 0 aliphatic heterocycles. The second kappa shape index (κ2) is 5.25. The van der Waals surface area contributed by atoms with E-state index in [1.165, 1.54) is 6.20 Å². The molecule has 0 atom stereocenters. The standard InChI is InChI=1S/C11H9BrN2O5S/c1-6-2-3-7(5-13-6)14-20(17,18)9-4-8(11(15)16)19-10(9)12/h2-5,14H,1H3,(H,15,16). The molecule has 0 aromatic carbocycles. The van der Waals surface area contributed by atoms with Gasteiger partial charge in [-0.2, -0.15) is 0 Å². The number of hydrogen-bond donors (Lipinski definition) is 2. The minimum Gasteiger partial charge on any atom is -0.475 e. The number of anilines is 1. The van der Waals surface area contributed by atoms with Crippen LogP contribution in [0.15, 0.2) is 38.4 Å². The molecule has 2 N–H and O–H groups in total. The fourth-order valence-electron chi connectivity index (χ4n) is 1.38. The van der Waals surface area contributed by atoms with Gasteiger partial charge in [-0.05, 0) is 35.0 Å². The Kier molecular flexibility index (Phi) is 3.82. The number of rotatable bonds is 4. The number of halogens is 1. The molecular formula is C11H9BrN2O5S. The Morgan fingerprint density at radius 1 is 1.45 bits per heavy atom. The molecule has 9 heteroatoms. The van der Waals surface area contributed by atoms with Crippen LogP contribution in [0.1, 0.15) is 16.2 Å². The Labute approximate surface area is 122 Å². The molecule has 0 spiro atoms. The average Bonchev–Trinajstić information content (AvgIpc) is 2.75. The van der Waals surface area contributed by atoms with E-state index in [1.807, 2.05) is 0 Å². The topological polar surface area (TPSA) is 110 Å². The number of aryl methyl sites for hydroxylation is 1. The van der Waals surface area contributed by atoms with Gasteiger partial charge >= 0.3 is 5.97 Å². The monoisotopic (exact) mass is 360 g/mol. The summed E-state index contributed by atoms with van der Waals surface area (Å²) in [7, 11) is -3.96. The van der Waals surface area contributed by atoms with Gasteiger partial charge in [0.1, 0.15) is 4.90 Å². The van der Waals surface area contributed by atoms with Crippen molar-refractivity contribution in [1.29, 1.82) is 0 Å². The number of aromatic carboxylic acids is 1. The molecule has 2 aromatic heterocycles. The number of pyridine rings is 1. The second-order valence-electron chi connectivity index (χ2n) is 3.85. The summed E-state index contributed by atoms with van der Waals surface area (Å²) in [6, 6.07) is 4.12. The fourth-order valence-corrected chi connectivity index (χ4v) is 3.36. The molecule has 2 aromatic rings. The molecule has 7 nitrogen and oxygen atoms in total. The molecule has 0 saturated heterocycles. The Hall–Kier alpha value is -1.87. The van der Waals surface area contributed by atoms with E-state index >= 15 is 0 Å². The highest BCUT2D eigenvalue weighted by atomic mass is 79.9. The van der Waals surface area contributed by atoms with Gasteiger partial charge in [0.2, 0.25) is 5.76 Å². The van der Waals surface area contributed by atoms with Crippen molar-refractivity contribution in [1.82, 2.24) is 4.98 Å². The molecular weight excluding hydrogens is 352 g/mol. The van der Waals surface area contributed by atoms with Crippen LogP contribution in [0.2, 0.25) is 0 Å². The summed E-state index contributed by atoms with van der Waals surface area (Å²) in [4.78, 5) is 14.4. The van der Waals surface area contributed by atoms with Gasteiger partial charge in [0.15, 0.2) is 4.67 Å². The molecule has 0 unspecified atom stereocenters. The van der Waals surface area contributed by atoms with Crippen molar-refractivity contribution in [3.05, 3.63) is 40.5 Å². The van der Waals surface area contributed by atoms with Gasteiger partial charge in [0.05, 0.1) is 11.9 Å². The molecule has 2 rings (SSSR count). The lowest BCUT2D eigenvalue weighted by atomic mass is 10.4. The largest absolute Gasteiger partial charge is 0.475 e. The number of carboxylic acid groups (broad SMARTS) is 1. The highest BCUT2D eigenvalue weighted by Crippen LogP contribution is 2.27. The maximum absolute atomic E-state index is 12.1. The summed E-state index contributed by atoms with van der Waals surface area (Å²) >= 11 is 2.88. The molecule has 2 heterocycles. The van der Waals surface area contributed by atoms with Crippen LogP contribution in [0, 0.1) is 6.92 Å². The van der Waals surface area contributed by atoms with Gasteiger partial charge in [0.25, 0.3) is 10.0 Å². The van der Waals surface area contributed by atoms with E-state index in [1.54, 1.807) is 19.1 Å². The number of aromatic nitrogens is 1. The van der Waals surface area contributed by atoms with Crippen molar-refractivity contribution in [2.24, 2.45) is 0 Å². The lowest BCUT2D eigenvalue weighted by molar-refractivity contribution is 0.0661. The number of carbonyl (C=O) groups is 1. The quantitative estimate of drug-likeness (QED) is 0.864. The third-order valence-electron chi connectivity index (χ3n) is 2.32. The molecule has 20 heavy (non-hydrogen) atoms. The van der Waals surface area contributed by atoms with Gasteiger partial charge in [-0.25, -0.2) is 13.2 Å². The van der Waals surface area contributed by atoms with Crippen LogP contribution in [0.3, 0.4) is 0 Å². The van der Waals surface area contributed by atoms with Crippen LogP contribution in [-0.2, 0) is 10.0 Å². The number of nitrogens with zero attached hydrogens (tertiary/aromatic N) is 1. The Morgan fingerprint density at radius 2 is 2.15 bits per heavy atom. The highest BCUT2D eigenvalue weighted by molar-refractivity contribution is 9.10. The summed E-state index contributed by atoms with van der Waals surface area (Å²) in [5, 5.41) is 8.77. The van der Waals surface area contributed by atoms with Crippen molar-refractivity contribution in [3.8, 4) is 0 Å². The third kappa shape index (κ3) is 2.99. The normalized spacial score (nSPS) is 11.3. The minimum absolute atomic E-state index is 0.178. The molecule has 0 bridgehead atoms. The Morgan fingerprint density at radius 3 is 2.65 bits per heavy atom. The highest BCUT2D eigenvalue weighted by Gasteiger charge is 2.25. The molecule has 0 aliphatic rings. The first-order valence-electron chi connectivity index (χ1n) is 5.28. The van der Waals surface area contributed by atoms with Gasteiger partial charge in [0, 0.05) is 11.8 Å². The predicted molar refractivity (Wildman–Crippen MR) is 73.1 cm³/mol. The molecule has 106 valence electrons. The molecule has 0 fully saturated rings. The van der Waals surface area contributed by atoms with E-state index in [0.29, 0.717) is 0 Å². The van der Waals surface area contributed by atoms with Crippen LogP contribution in [-0.4, -0.2) is 24.5 Å². The summed E-state index contributed by atoms with van der Waals surface area (Å²) in [6.45, 7) is 1.77. The SMILES string of the molecule is Cc1ccc(NS(=O)(=O)c2cc(C(=O)O)oc2Br)cn1. The third-order valence-corrected chi connectivity index (χ3v) is 4.56. The lowest BCUT2D eigenvalue weighted by Gasteiger charge is -2.06. The first kappa shape index (κ1) is 14.5. The van der Waals surface area contributed by atoms with E-state index < -0.39 is 21.8 Å². The zero-order chi connectivity index (χ0) is 14.9. The average molecular weight is 361 g/mol. The van der Waals surface area contributed by atoms with E-state index in [-0.39, 0.29) is 15.3 Å². The predicted octanol–water partition coefficient (Wildman–Crippen LogP) is 2.24.